The molecule has 1 aliphatic heterocycles. The molecule has 7 heteroatoms. The van der Waals surface area contributed by atoms with Crippen LogP contribution >= 0.6 is 35.0 Å². The van der Waals surface area contributed by atoms with Gasteiger partial charge in [-0.15, -0.1) is 0 Å². The highest BCUT2D eigenvalue weighted by molar-refractivity contribution is 7.99. The summed E-state index contributed by atoms with van der Waals surface area (Å²) in [6, 6.07) is 13.5. The van der Waals surface area contributed by atoms with Gasteiger partial charge in [0.25, 0.3) is 5.91 Å². The molecule has 0 spiro atoms. The van der Waals surface area contributed by atoms with Gasteiger partial charge in [-0.1, -0.05) is 48.8 Å². The number of hydrogen-bond donors (Lipinski definition) is 2. The largest absolute Gasteiger partial charge is 0.350 e. The zero-order valence-electron chi connectivity index (χ0n) is 16.1. The summed E-state index contributed by atoms with van der Waals surface area (Å²) in [5, 5.41) is 5.35. The molecular weight excluding hydrogens is 413 g/mol. The van der Waals surface area contributed by atoms with Gasteiger partial charge in [0.15, 0.2) is 0 Å². The van der Waals surface area contributed by atoms with Crippen LogP contribution in [0.4, 0.5) is 0 Å². The first-order valence-electron chi connectivity index (χ1n) is 9.23. The first-order chi connectivity index (χ1) is 13.5. The molecule has 2 aromatic carbocycles. The SMILES string of the molecule is CC.CN1CC(NC(=O)c2cc3c(Sc4ccc(Cl)cc4)cc(Cl)cc3[nH]2)C1. The molecule has 0 saturated carbocycles. The maximum atomic E-state index is 12.5. The Hall–Kier alpha value is -1.66. The molecule has 2 heterocycles. The monoisotopic (exact) mass is 435 g/mol. The number of fused-ring (bicyclic) bond motifs is 1. The highest BCUT2D eigenvalue weighted by Gasteiger charge is 2.25. The molecule has 1 amide bonds. The van der Waals surface area contributed by atoms with Gasteiger partial charge in [0.1, 0.15) is 5.69 Å². The van der Waals surface area contributed by atoms with E-state index < -0.39 is 0 Å². The third kappa shape index (κ3) is 4.84. The molecule has 0 unspecified atom stereocenters. The smallest absolute Gasteiger partial charge is 0.268 e. The molecule has 1 aromatic heterocycles. The quantitative estimate of drug-likeness (QED) is 0.552. The number of likely N-dealkylation sites (tertiary alicyclic amines) is 1. The molecule has 1 aliphatic rings. The van der Waals surface area contributed by atoms with Gasteiger partial charge in [-0.3, -0.25) is 4.79 Å². The number of carbonyl (C=O) groups excluding carboxylic acids is 1. The normalized spacial score (nSPS) is 14.3. The Labute approximate surface area is 179 Å². The molecule has 3 aromatic rings. The minimum absolute atomic E-state index is 0.0853. The van der Waals surface area contributed by atoms with Gasteiger partial charge in [-0.05, 0) is 49.5 Å². The topological polar surface area (TPSA) is 48.1 Å². The number of nitrogens with one attached hydrogen (secondary N) is 2. The molecule has 28 heavy (non-hydrogen) atoms. The van der Waals surface area contributed by atoms with E-state index in [0.717, 1.165) is 33.8 Å². The number of nitrogens with zero attached hydrogens (tertiary/aromatic N) is 1. The molecule has 0 bridgehead atoms. The van der Waals surface area contributed by atoms with Gasteiger partial charge in [-0.25, -0.2) is 0 Å². The number of H-pyrrole nitrogens is 1. The van der Waals surface area contributed by atoms with Crippen molar-refractivity contribution in [2.75, 3.05) is 20.1 Å². The number of aromatic nitrogens is 1. The summed E-state index contributed by atoms with van der Waals surface area (Å²) in [7, 11) is 2.04. The fourth-order valence-electron chi connectivity index (χ4n) is 3.06. The van der Waals surface area contributed by atoms with Gasteiger partial charge in [0.05, 0.1) is 6.04 Å². The van der Waals surface area contributed by atoms with Crippen LogP contribution in [0, 0.1) is 0 Å². The number of aromatic amines is 1. The van der Waals surface area contributed by atoms with Crippen molar-refractivity contribution in [1.29, 1.82) is 0 Å². The van der Waals surface area contributed by atoms with Crippen molar-refractivity contribution in [3.8, 4) is 0 Å². The Balaban J connectivity index is 0.00000109. The average Bonchev–Trinajstić information content (AvgIpc) is 3.08. The van der Waals surface area contributed by atoms with Crippen LogP contribution < -0.4 is 5.32 Å². The zero-order chi connectivity index (χ0) is 20.3. The minimum Gasteiger partial charge on any atom is -0.350 e. The third-order valence-corrected chi connectivity index (χ3v) is 5.89. The Morgan fingerprint density at radius 1 is 1.11 bits per heavy atom. The highest BCUT2D eigenvalue weighted by atomic mass is 35.5. The average molecular weight is 436 g/mol. The number of halogens is 2. The van der Waals surface area contributed by atoms with Crippen LogP contribution in [0.1, 0.15) is 24.3 Å². The molecule has 0 aliphatic carbocycles. The second kappa shape index (κ2) is 9.23. The van der Waals surface area contributed by atoms with E-state index in [1.165, 1.54) is 0 Å². The number of hydrogen-bond acceptors (Lipinski definition) is 3. The number of rotatable bonds is 4. The molecule has 0 radical (unpaired) electrons. The van der Waals surface area contributed by atoms with E-state index in [1.807, 2.05) is 63.4 Å². The van der Waals surface area contributed by atoms with E-state index in [0.29, 0.717) is 15.7 Å². The van der Waals surface area contributed by atoms with Gasteiger partial charge < -0.3 is 15.2 Å². The molecular formula is C21H23Cl2N3OS. The Morgan fingerprint density at radius 2 is 1.79 bits per heavy atom. The Kier molecular flexibility index (Phi) is 6.94. The van der Waals surface area contributed by atoms with Crippen molar-refractivity contribution in [2.45, 2.75) is 29.7 Å². The summed E-state index contributed by atoms with van der Waals surface area (Å²) >= 11 is 13.8. The summed E-state index contributed by atoms with van der Waals surface area (Å²) in [4.78, 5) is 19.9. The molecule has 1 saturated heterocycles. The maximum absolute atomic E-state index is 12.5. The van der Waals surface area contributed by atoms with Crippen molar-refractivity contribution in [3.05, 3.63) is 58.2 Å². The van der Waals surface area contributed by atoms with Crippen molar-refractivity contribution in [3.63, 3.8) is 0 Å². The summed E-state index contributed by atoms with van der Waals surface area (Å²) in [6.07, 6.45) is 0. The zero-order valence-corrected chi connectivity index (χ0v) is 18.4. The molecule has 0 atom stereocenters. The highest BCUT2D eigenvalue weighted by Crippen LogP contribution is 2.36. The third-order valence-electron chi connectivity index (χ3n) is 4.35. The van der Waals surface area contributed by atoms with Crippen LogP contribution in [0.3, 0.4) is 0 Å². The van der Waals surface area contributed by atoms with E-state index in [2.05, 4.69) is 15.2 Å². The van der Waals surface area contributed by atoms with Crippen LogP contribution in [0.25, 0.3) is 10.9 Å². The number of likely N-dealkylation sites (N-methyl/N-ethyl adjacent to an activating group) is 1. The standard InChI is InChI=1S/C19H17Cl2N3OS.C2H6/c1-24-9-13(10-24)22-19(25)17-8-15-16(23-17)6-12(21)7-18(15)26-14-4-2-11(20)3-5-14;1-2/h2-8,13,23H,9-10H2,1H3,(H,22,25);1-2H3. The van der Waals surface area contributed by atoms with E-state index >= 15 is 0 Å². The maximum Gasteiger partial charge on any atom is 0.268 e. The number of amides is 1. The molecule has 148 valence electrons. The van der Waals surface area contributed by atoms with Crippen molar-refractivity contribution >= 4 is 51.8 Å². The lowest BCUT2D eigenvalue weighted by Gasteiger charge is -2.36. The second-order valence-corrected chi connectivity index (χ2v) is 8.48. The lowest BCUT2D eigenvalue weighted by Crippen LogP contribution is -2.57. The number of carbonyl (C=O) groups is 1. The van der Waals surface area contributed by atoms with E-state index in [1.54, 1.807) is 11.8 Å². The predicted octanol–water partition coefficient (Wildman–Crippen LogP) is 5.70. The minimum atomic E-state index is -0.0853. The van der Waals surface area contributed by atoms with Crippen molar-refractivity contribution < 1.29 is 4.79 Å². The van der Waals surface area contributed by atoms with Gasteiger partial charge in [-0.2, -0.15) is 0 Å². The molecule has 4 nitrogen and oxygen atoms in total. The first-order valence-corrected chi connectivity index (χ1v) is 10.8. The molecule has 2 N–H and O–H groups in total. The van der Waals surface area contributed by atoms with Gasteiger partial charge in [0.2, 0.25) is 0 Å². The molecule has 1 fully saturated rings. The number of benzene rings is 2. The summed E-state index contributed by atoms with van der Waals surface area (Å²) in [6.45, 7) is 5.77. The van der Waals surface area contributed by atoms with Crippen LogP contribution in [0.15, 0.2) is 52.3 Å². The lowest BCUT2D eigenvalue weighted by molar-refractivity contribution is 0.0853. The Morgan fingerprint density at radius 3 is 2.43 bits per heavy atom. The first kappa shape index (κ1) is 21.1. The van der Waals surface area contributed by atoms with Crippen LogP contribution in [0.2, 0.25) is 10.0 Å². The van der Waals surface area contributed by atoms with E-state index in [4.69, 9.17) is 23.2 Å². The Bertz CT molecular complexity index is 966. The summed E-state index contributed by atoms with van der Waals surface area (Å²) in [5.41, 5.74) is 1.40. The fraction of sp³-hybridized carbons (Fsp3) is 0.286. The molecule has 4 rings (SSSR count). The lowest BCUT2D eigenvalue weighted by atomic mass is 10.1. The van der Waals surface area contributed by atoms with Crippen LogP contribution in [-0.4, -0.2) is 42.0 Å². The predicted molar refractivity (Wildman–Crippen MR) is 119 cm³/mol. The van der Waals surface area contributed by atoms with Crippen molar-refractivity contribution in [1.82, 2.24) is 15.2 Å². The van der Waals surface area contributed by atoms with Crippen molar-refractivity contribution in [2.24, 2.45) is 0 Å². The second-order valence-electron chi connectivity index (χ2n) is 6.50. The fourth-order valence-corrected chi connectivity index (χ4v) is 4.46. The van der Waals surface area contributed by atoms with Crippen LogP contribution in [-0.2, 0) is 0 Å². The van der Waals surface area contributed by atoms with Crippen LogP contribution in [0.5, 0.6) is 0 Å². The summed E-state index contributed by atoms with van der Waals surface area (Å²) in [5.74, 6) is -0.0853. The van der Waals surface area contributed by atoms with E-state index in [9.17, 15) is 4.79 Å². The summed E-state index contributed by atoms with van der Waals surface area (Å²) < 4.78 is 0. The van der Waals surface area contributed by atoms with Gasteiger partial charge >= 0.3 is 0 Å². The van der Waals surface area contributed by atoms with E-state index in [-0.39, 0.29) is 11.9 Å². The van der Waals surface area contributed by atoms with Gasteiger partial charge in [0, 0.05) is 43.8 Å².